The lowest BCUT2D eigenvalue weighted by atomic mass is 9.80. The van der Waals surface area contributed by atoms with E-state index in [2.05, 4.69) is 0 Å². The standard InChI is InChI=1S/C13H10BCl2FO3/c15-10-2-1-3-12(13(10)16)20-7-8-4-5-9(14(18)19)6-11(8)17/h1-6,18-19H,7H2. The van der Waals surface area contributed by atoms with Crippen LogP contribution in [0.3, 0.4) is 0 Å². The van der Waals surface area contributed by atoms with Crippen molar-refractivity contribution >= 4 is 35.8 Å². The molecule has 3 nitrogen and oxygen atoms in total. The monoisotopic (exact) mass is 314 g/mol. The molecule has 0 saturated carbocycles. The highest BCUT2D eigenvalue weighted by Crippen LogP contribution is 2.31. The van der Waals surface area contributed by atoms with Gasteiger partial charge in [-0.2, -0.15) is 0 Å². The van der Waals surface area contributed by atoms with Gasteiger partial charge in [0, 0.05) is 5.56 Å². The molecule has 0 aromatic heterocycles. The molecule has 0 radical (unpaired) electrons. The molecule has 0 aliphatic heterocycles. The van der Waals surface area contributed by atoms with Crippen LogP contribution in [-0.4, -0.2) is 17.2 Å². The van der Waals surface area contributed by atoms with Crippen molar-refractivity contribution in [3.05, 3.63) is 57.8 Å². The zero-order valence-corrected chi connectivity index (χ0v) is 11.7. The predicted molar refractivity (Wildman–Crippen MR) is 77.0 cm³/mol. The maximum Gasteiger partial charge on any atom is 0.488 e. The van der Waals surface area contributed by atoms with E-state index in [9.17, 15) is 4.39 Å². The Hall–Kier alpha value is -1.27. The van der Waals surface area contributed by atoms with Crippen LogP contribution in [0, 0.1) is 5.82 Å². The summed E-state index contributed by atoms with van der Waals surface area (Å²) < 4.78 is 19.1. The van der Waals surface area contributed by atoms with E-state index >= 15 is 0 Å². The molecule has 0 aliphatic rings. The van der Waals surface area contributed by atoms with Gasteiger partial charge in [0.05, 0.1) is 5.02 Å². The topological polar surface area (TPSA) is 49.7 Å². The second-order valence-corrected chi connectivity index (χ2v) is 4.85. The van der Waals surface area contributed by atoms with E-state index in [-0.39, 0.29) is 22.7 Å². The highest BCUT2D eigenvalue weighted by molar-refractivity contribution is 6.58. The molecule has 7 heteroatoms. The van der Waals surface area contributed by atoms with Gasteiger partial charge in [-0.25, -0.2) is 4.39 Å². The first-order valence-corrected chi connectivity index (χ1v) is 6.46. The first kappa shape index (κ1) is 15.1. The Morgan fingerprint density at radius 2 is 1.90 bits per heavy atom. The van der Waals surface area contributed by atoms with Crippen LogP contribution >= 0.6 is 23.2 Å². The summed E-state index contributed by atoms with van der Waals surface area (Å²) in [6.45, 7) is -0.0479. The van der Waals surface area contributed by atoms with E-state index in [1.807, 2.05) is 0 Å². The summed E-state index contributed by atoms with van der Waals surface area (Å²) >= 11 is 11.8. The first-order valence-electron chi connectivity index (χ1n) is 5.70. The van der Waals surface area contributed by atoms with Crippen molar-refractivity contribution in [2.24, 2.45) is 0 Å². The molecule has 20 heavy (non-hydrogen) atoms. The molecule has 0 amide bonds. The smallest absolute Gasteiger partial charge is 0.487 e. The van der Waals surface area contributed by atoms with Crippen molar-refractivity contribution in [1.82, 2.24) is 0 Å². The van der Waals surface area contributed by atoms with Crippen LogP contribution in [-0.2, 0) is 6.61 Å². The fraction of sp³-hybridized carbons (Fsp3) is 0.0769. The minimum absolute atomic E-state index is 0.0479. The highest BCUT2D eigenvalue weighted by atomic mass is 35.5. The molecule has 0 saturated heterocycles. The number of hydrogen-bond acceptors (Lipinski definition) is 3. The summed E-state index contributed by atoms with van der Waals surface area (Å²) in [6.07, 6.45) is 0. The largest absolute Gasteiger partial charge is 0.488 e. The molecular weight excluding hydrogens is 305 g/mol. The van der Waals surface area contributed by atoms with Crippen LogP contribution in [0.2, 0.25) is 10.0 Å². The zero-order valence-electron chi connectivity index (χ0n) is 10.2. The Morgan fingerprint density at radius 1 is 1.15 bits per heavy atom. The van der Waals surface area contributed by atoms with Crippen LogP contribution in [0.25, 0.3) is 0 Å². The van der Waals surface area contributed by atoms with Crippen molar-refractivity contribution < 1.29 is 19.2 Å². The lowest BCUT2D eigenvalue weighted by Gasteiger charge is -2.10. The summed E-state index contributed by atoms with van der Waals surface area (Å²) in [6, 6.07) is 8.79. The quantitative estimate of drug-likeness (QED) is 0.852. The fourth-order valence-corrected chi connectivity index (χ4v) is 1.94. The van der Waals surface area contributed by atoms with Crippen molar-refractivity contribution in [1.29, 1.82) is 0 Å². The number of rotatable bonds is 4. The number of hydrogen-bond donors (Lipinski definition) is 2. The molecule has 104 valence electrons. The van der Waals surface area contributed by atoms with Gasteiger partial charge in [-0.15, -0.1) is 0 Å². The molecule has 0 spiro atoms. The van der Waals surface area contributed by atoms with E-state index in [0.717, 1.165) is 6.07 Å². The highest BCUT2D eigenvalue weighted by Gasteiger charge is 2.14. The Balaban J connectivity index is 2.13. The Kier molecular flexibility index (Phi) is 4.88. The number of benzene rings is 2. The van der Waals surface area contributed by atoms with Crippen molar-refractivity contribution in [2.75, 3.05) is 0 Å². The van der Waals surface area contributed by atoms with E-state index < -0.39 is 12.9 Å². The molecule has 0 aliphatic carbocycles. The molecule has 0 unspecified atom stereocenters. The Bertz CT molecular complexity index is 623. The molecule has 2 rings (SSSR count). The average Bonchev–Trinajstić information content (AvgIpc) is 2.41. The fourth-order valence-electron chi connectivity index (χ4n) is 1.59. The summed E-state index contributed by atoms with van der Waals surface area (Å²) in [4.78, 5) is 0. The Labute approximate surface area is 125 Å². The summed E-state index contributed by atoms with van der Waals surface area (Å²) in [5.74, 6) is -0.237. The van der Waals surface area contributed by atoms with Crippen LogP contribution < -0.4 is 10.2 Å². The van der Waals surface area contributed by atoms with E-state index in [1.54, 1.807) is 18.2 Å². The van der Waals surface area contributed by atoms with Crippen molar-refractivity contribution in [2.45, 2.75) is 6.61 Å². The molecule has 2 N–H and O–H groups in total. The maximum absolute atomic E-state index is 13.7. The van der Waals surface area contributed by atoms with Gasteiger partial charge in [-0.1, -0.05) is 41.4 Å². The van der Waals surface area contributed by atoms with Gasteiger partial charge < -0.3 is 14.8 Å². The molecule has 2 aromatic carbocycles. The number of ether oxygens (including phenoxy) is 1. The predicted octanol–water partition coefficient (Wildman–Crippen LogP) is 2.39. The number of halogens is 3. The molecular formula is C13H10BCl2FO3. The average molecular weight is 315 g/mol. The maximum atomic E-state index is 13.7. The molecule has 0 heterocycles. The van der Waals surface area contributed by atoms with E-state index in [1.165, 1.54) is 12.1 Å². The third kappa shape index (κ3) is 3.43. The SMILES string of the molecule is OB(O)c1ccc(COc2cccc(Cl)c2Cl)c(F)c1. The first-order chi connectivity index (χ1) is 9.49. The molecule has 0 fully saturated rings. The van der Waals surface area contributed by atoms with Gasteiger partial charge in [0.25, 0.3) is 0 Å². The van der Waals surface area contributed by atoms with E-state index in [0.29, 0.717) is 10.8 Å². The van der Waals surface area contributed by atoms with Crippen LogP contribution in [0.4, 0.5) is 4.39 Å². The zero-order chi connectivity index (χ0) is 14.7. The Morgan fingerprint density at radius 3 is 2.55 bits per heavy atom. The van der Waals surface area contributed by atoms with Crippen LogP contribution in [0.15, 0.2) is 36.4 Å². The summed E-state index contributed by atoms with van der Waals surface area (Å²) in [5, 5.41) is 18.5. The summed E-state index contributed by atoms with van der Waals surface area (Å²) in [7, 11) is -1.71. The van der Waals surface area contributed by atoms with Gasteiger partial charge in [0.2, 0.25) is 0 Å². The molecule has 0 atom stereocenters. The van der Waals surface area contributed by atoms with Crippen molar-refractivity contribution in [3.63, 3.8) is 0 Å². The second-order valence-electron chi connectivity index (χ2n) is 4.07. The lowest BCUT2D eigenvalue weighted by molar-refractivity contribution is 0.300. The van der Waals surface area contributed by atoms with Crippen LogP contribution in [0.5, 0.6) is 5.75 Å². The normalized spacial score (nSPS) is 10.4. The van der Waals surface area contributed by atoms with Gasteiger partial charge >= 0.3 is 7.12 Å². The molecule has 2 aromatic rings. The minimum atomic E-state index is -1.71. The lowest BCUT2D eigenvalue weighted by Crippen LogP contribution is -2.30. The summed E-state index contributed by atoms with van der Waals surface area (Å²) in [5.41, 5.74) is 0.345. The van der Waals surface area contributed by atoms with Gasteiger partial charge in [-0.05, 0) is 23.7 Å². The second kappa shape index (κ2) is 6.46. The van der Waals surface area contributed by atoms with Gasteiger partial charge in [0.1, 0.15) is 23.2 Å². The molecule has 0 bridgehead atoms. The van der Waals surface area contributed by atoms with Crippen LogP contribution in [0.1, 0.15) is 5.56 Å². The third-order valence-corrected chi connectivity index (χ3v) is 3.48. The van der Waals surface area contributed by atoms with Crippen molar-refractivity contribution in [3.8, 4) is 5.75 Å². The van der Waals surface area contributed by atoms with E-state index in [4.69, 9.17) is 38.0 Å². The third-order valence-electron chi connectivity index (χ3n) is 2.67. The van der Waals surface area contributed by atoms with Gasteiger partial charge in [0.15, 0.2) is 0 Å². The van der Waals surface area contributed by atoms with Gasteiger partial charge in [-0.3, -0.25) is 0 Å². The minimum Gasteiger partial charge on any atom is -0.487 e.